The zero-order valence-corrected chi connectivity index (χ0v) is 25.1. The predicted octanol–water partition coefficient (Wildman–Crippen LogP) is 0.904. The van der Waals surface area contributed by atoms with E-state index in [1.54, 1.807) is 12.4 Å². The number of rotatable bonds is 17. The number of aromatic amines is 2. The summed E-state index contributed by atoms with van der Waals surface area (Å²) in [5.74, 6) is -5.13. The van der Waals surface area contributed by atoms with Crippen LogP contribution in [0.5, 0.6) is 0 Å². The lowest BCUT2D eigenvalue weighted by atomic mass is 10.0. The van der Waals surface area contributed by atoms with Gasteiger partial charge in [-0.25, -0.2) is 4.79 Å². The van der Waals surface area contributed by atoms with Crippen LogP contribution in [-0.4, -0.2) is 80.6 Å². The van der Waals surface area contributed by atoms with Gasteiger partial charge in [0.1, 0.15) is 18.1 Å². The van der Waals surface area contributed by atoms with Crippen molar-refractivity contribution < 1.29 is 34.2 Å². The SMILES string of the molecule is NCCCCC(N)C(=O)NC(Cc1c[nH]c2ccccc12)C(=O)NC(Cc1c[nH]c2ccccc12)C(=O)NC(CC(=O)O)C(=O)O. The lowest BCUT2D eigenvalue weighted by molar-refractivity contribution is -0.147. The summed E-state index contributed by atoms with van der Waals surface area (Å²) in [7, 11) is 0. The quantitative estimate of drug-likeness (QED) is 0.0749. The minimum atomic E-state index is -1.74. The molecule has 4 aromatic rings. The predicted molar refractivity (Wildman–Crippen MR) is 171 cm³/mol. The van der Waals surface area contributed by atoms with Crippen molar-refractivity contribution in [2.24, 2.45) is 11.5 Å². The summed E-state index contributed by atoms with van der Waals surface area (Å²) in [5, 5.41) is 28.0. The van der Waals surface area contributed by atoms with Gasteiger partial charge in [-0.15, -0.1) is 0 Å². The van der Waals surface area contributed by atoms with E-state index < -0.39 is 60.2 Å². The molecule has 0 aliphatic heterocycles. The molecule has 4 atom stereocenters. The van der Waals surface area contributed by atoms with Gasteiger partial charge in [-0.05, 0) is 42.6 Å². The highest BCUT2D eigenvalue weighted by molar-refractivity contribution is 5.96. The molecule has 2 heterocycles. The van der Waals surface area contributed by atoms with E-state index in [0.29, 0.717) is 31.4 Å². The van der Waals surface area contributed by atoms with Crippen molar-refractivity contribution in [2.45, 2.75) is 62.7 Å². The Balaban J connectivity index is 1.63. The maximum Gasteiger partial charge on any atom is 0.326 e. The molecule has 4 unspecified atom stereocenters. The number of aromatic nitrogens is 2. The second-order valence-electron chi connectivity index (χ2n) is 11.1. The normalized spacial score (nSPS) is 13.9. The van der Waals surface area contributed by atoms with Crippen LogP contribution in [0, 0.1) is 0 Å². The molecule has 0 saturated carbocycles. The average Bonchev–Trinajstić information content (AvgIpc) is 3.63. The molecule has 14 heteroatoms. The Labute approximate surface area is 264 Å². The first kappa shape index (κ1) is 33.7. The van der Waals surface area contributed by atoms with E-state index in [-0.39, 0.29) is 12.8 Å². The van der Waals surface area contributed by atoms with Crippen molar-refractivity contribution in [1.82, 2.24) is 25.9 Å². The minimum Gasteiger partial charge on any atom is -0.481 e. The molecular weight excluding hydrogens is 594 g/mol. The van der Waals surface area contributed by atoms with Gasteiger partial charge in [-0.1, -0.05) is 42.8 Å². The lowest BCUT2D eigenvalue weighted by Crippen LogP contribution is -2.58. The Kier molecular flexibility index (Phi) is 11.5. The average molecular weight is 634 g/mol. The first-order valence-corrected chi connectivity index (χ1v) is 15.0. The molecule has 0 radical (unpaired) electrons. The summed E-state index contributed by atoms with van der Waals surface area (Å²) in [6.07, 6.45) is 4.20. The van der Waals surface area contributed by atoms with Crippen LogP contribution in [0.1, 0.15) is 36.8 Å². The van der Waals surface area contributed by atoms with Crippen molar-refractivity contribution in [3.8, 4) is 0 Å². The highest BCUT2D eigenvalue weighted by atomic mass is 16.4. The standard InChI is InChI=1S/C32H39N7O7/c33-12-6-5-9-22(34)29(42)37-25(13-18-16-35-23-10-3-1-7-20(18)23)30(43)38-26(31(44)39-27(32(45)46)15-28(40)41)14-19-17-36-24-11-4-2-8-21(19)24/h1-4,7-8,10-11,16-17,22,25-27,35-36H,5-6,9,12-15,33-34H2,(H,37,42)(H,38,43)(H,39,44)(H,40,41)(H,45,46). The highest BCUT2D eigenvalue weighted by Gasteiger charge is 2.32. The van der Waals surface area contributed by atoms with Gasteiger partial charge < -0.3 is 47.6 Å². The molecule has 0 aliphatic rings. The van der Waals surface area contributed by atoms with Crippen LogP contribution < -0.4 is 27.4 Å². The molecule has 244 valence electrons. The molecule has 11 N–H and O–H groups in total. The van der Waals surface area contributed by atoms with E-state index in [1.165, 1.54) is 0 Å². The van der Waals surface area contributed by atoms with Gasteiger partial charge in [0.05, 0.1) is 12.5 Å². The monoisotopic (exact) mass is 633 g/mol. The fraction of sp³-hybridized carbons (Fsp3) is 0.344. The molecule has 0 fully saturated rings. The van der Waals surface area contributed by atoms with Gasteiger partial charge >= 0.3 is 11.9 Å². The molecule has 46 heavy (non-hydrogen) atoms. The van der Waals surface area contributed by atoms with Crippen molar-refractivity contribution in [1.29, 1.82) is 0 Å². The topological polar surface area (TPSA) is 246 Å². The van der Waals surface area contributed by atoms with Gasteiger partial charge in [-0.3, -0.25) is 19.2 Å². The van der Waals surface area contributed by atoms with Gasteiger partial charge in [0, 0.05) is 47.0 Å². The molecule has 2 aromatic carbocycles. The van der Waals surface area contributed by atoms with E-state index in [9.17, 15) is 34.2 Å². The van der Waals surface area contributed by atoms with Gasteiger partial charge in [0.15, 0.2) is 0 Å². The summed E-state index contributed by atoms with van der Waals surface area (Å²) in [6.45, 7) is 0.453. The lowest BCUT2D eigenvalue weighted by Gasteiger charge is -2.25. The maximum atomic E-state index is 13.9. The summed E-state index contributed by atoms with van der Waals surface area (Å²) in [6, 6.07) is 9.62. The molecular formula is C32H39N7O7. The molecule has 4 rings (SSSR count). The fourth-order valence-electron chi connectivity index (χ4n) is 5.30. The Morgan fingerprint density at radius 3 is 1.65 bits per heavy atom. The van der Waals surface area contributed by atoms with E-state index in [0.717, 1.165) is 27.4 Å². The van der Waals surface area contributed by atoms with Crippen LogP contribution in [0.2, 0.25) is 0 Å². The van der Waals surface area contributed by atoms with Crippen molar-refractivity contribution in [3.05, 3.63) is 72.1 Å². The first-order valence-electron chi connectivity index (χ1n) is 15.0. The number of carboxylic acids is 2. The van der Waals surface area contributed by atoms with Crippen LogP contribution in [0.4, 0.5) is 0 Å². The van der Waals surface area contributed by atoms with E-state index in [2.05, 4.69) is 25.9 Å². The number of carbonyl (C=O) groups excluding carboxylic acids is 3. The molecule has 3 amide bonds. The Hall–Kier alpha value is -5.21. The third-order valence-electron chi connectivity index (χ3n) is 7.76. The second kappa shape index (κ2) is 15.7. The van der Waals surface area contributed by atoms with Crippen LogP contribution in [0.3, 0.4) is 0 Å². The minimum absolute atomic E-state index is 0.0509. The number of amides is 3. The Morgan fingerprint density at radius 1 is 0.696 bits per heavy atom. The molecule has 2 aromatic heterocycles. The number of unbranched alkanes of at least 4 members (excludes halogenated alkanes) is 1. The number of hydrogen-bond donors (Lipinski definition) is 9. The number of para-hydroxylation sites is 2. The van der Waals surface area contributed by atoms with E-state index in [4.69, 9.17) is 11.5 Å². The van der Waals surface area contributed by atoms with Gasteiger partial charge in [0.25, 0.3) is 0 Å². The van der Waals surface area contributed by atoms with Crippen molar-refractivity contribution in [3.63, 3.8) is 0 Å². The Morgan fingerprint density at radius 2 is 1.17 bits per heavy atom. The van der Waals surface area contributed by atoms with Crippen LogP contribution in [0.15, 0.2) is 60.9 Å². The number of benzene rings is 2. The second-order valence-corrected chi connectivity index (χ2v) is 11.1. The van der Waals surface area contributed by atoms with Crippen LogP contribution >= 0.6 is 0 Å². The van der Waals surface area contributed by atoms with E-state index in [1.807, 2.05) is 48.5 Å². The molecule has 0 spiro atoms. The van der Waals surface area contributed by atoms with Crippen LogP contribution in [0.25, 0.3) is 21.8 Å². The number of H-pyrrole nitrogens is 2. The van der Waals surface area contributed by atoms with Crippen molar-refractivity contribution in [2.75, 3.05) is 6.54 Å². The van der Waals surface area contributed by atoms with Gasteiger partial charge in [-0.2, -0.15) is 0 Å². The number of nitrogens with two attached hydrogens (primary N) is 2. The molecule has 0 aliphatic carbocycles. The zero-order valence-electron chi connectivity index (χ0n) is 25.1. The Bertz CT molecular complexity index is 1700. The van der Waals surface area contributed by atoms with Crippen molar-refractivity contribution >= 4 is 51.5 Å². The maximum absolute atomic E-state index is 13.9. The molecule has 14 nitrogen and oxygen atoms in total. The highest BCUT2D eigenvalue weighted by Crippen LogP contribution is 2.21. The van der Waals surface area contributed by atoms with E-state index >= 15 is 0 Å². The summed E-state index contributed by atoms with van der Waals surface area (Å²) in [5.41, 5.74) is 14.7. The zero-order chi connectivity index (χ0) is 33.2. The van der Waals surface area contributed by atoms with Gasteiger partial charge in [0.2, 0.25) is 17.7 Å². The number of aliphatic carboxylic acids is 2. The number of carboxylic acid groups (broad SMARTS) is 2. The number of nitrogens with one attached hydrogen (secondary N) is 5. The molecule has 0 saturated heterocycles. The number of fused-ring (bicyclic) bond motifs is 2. The number of hydrogen-bond acceptors (Lipinski definition) is 7. The largest absolute Gasteiger partial charge is 0.481 e. The number of carbonyl (C=O) groups is 5. The molecule has 0 bridgehead atoms. The summed E-state index contributed by atoms with van der Waals surface area (Å²) >= 11 is 0. The summed E-state index contributed by atoms with van der Waals surface area (Å²) < 4.78 is 0. The fourth-order valence-corrected chi connectivity index (χ4v) is 5.30. The first-order chi connectivity index (χ1) is 22.1. The third-order valence-corrected chi connectivity index (χ3v) is 7.76. The third kappa shape index (κ3) is 8.70. The van der Waals surface area contributed by atoms with Crippen LogP contribution in [-0.2, 0) is 36.8 Å². The smallest absolute Gasteiger partial charge is 0.326 e. The summed E-state index contributed by atoms with van der Waals surface area (Å²) in [4.78, 5) is 69.8.